The van der Waals surface area contributed by atoms with Crippen molar-refractivity contribution in [3.63, 3.8) is 0 Å². The molecule has 0 bridgehead atoms. The fraction of sp³-hybridized carbons (Fsp3) is 0.500. The van der Waals surface area contributed by atoms with Gasteiger partial charge in [0.25, 0.3) is 0 Å². The number of aliphatic hydroxyl groups is 2. The topological polar surface area (TPSA) is 243 Å². The van der Waals surface area contributed by atoms with Gasteiger partial charge in [-0.05, 0) is 87.8 Å². The highest BCUT2D eigenvalue weighted by Crippen LogP contribution is 2.48. The zero-order chi connectivity index (χ0) is 48.2. The molecule has 2 aliphatic heterocycles. The second kappa shape index (κ2) is 20.6. The normalized spacial score (nSPS) is 22.2. The molecule has 2 aromatic carbocycles. The first-order valence-electron chi connectivity index (χ1n) is 22.5. The maximum absolute atomic E-state index is 13.5. The van der Waals surface area contributed by atoms with E-state index in [0.29, 0.717) is 97.3 Å². The van der Waals surface area contributed by atoms with Crippen LogP contribution in [0.2, 0.25) is 0 Å². The molecule has 2 N–H and O–H groups in total. The molecule has 4 aliphatic rings. The molecule has 68 heavy (non-hydrogen) atoms. The Morgan fingerprint density at radius 3 is 1.29 bits per heavy atom. The number of fused-ring (bicyclic) bond motifs is 6. The number of esters is 2. The Hall–Kier alpha value is -6.80. The highest BCUT2D eigenvalue weighted by molar-refractivity contribution is 6.17. The smallest absolute Gasteiger partial charge is 0.338 e. The van der Waals surface area contributed by atoms with E-state index in [1.54, 1.807) is 26.4 Å². The van der Waals surface area contributed by atoms with E-state index in [0.717, 1.165) is 22.3 Å². The number of aliphatic imine (C=N–C) groups is 2. The third-order valence-corrected chi connectivity index (χ3v) is 12.8. The number of aromatic nitrogens is 4. The lowest BCUT2D eigenvalue weighted by Gasteiger charge is -2.39. The van der Waals surface area contributed by atoms with Crippen LogP contribution < -0.4 is 37.9 Å². The van der Waals surface area contributed by atoms with Crippen molar-refractivity contribution in [2.75, 3.05) is 55.9 Å². The minimum absolute atomic E-state index is 0.250. The fourth-order valence-corrected chi connectivity index (χ4v) is 9.65. The van der Waals surface area contributed by atoms with Crippen molar-refractivity contribution in [1.29, 1.82) is 0 Å². The molecule has 2 aromatic heterocycles. The quantitative estimate of drug-likeness (QED) is 0.140. The molecule has 0 amide bonds. The van der Waals surface area contributed by atoms with Crippen molar-refractivity contribution in [1.82, 2.24) is 20.4 Å². The van der Waals surface area contributed by atoms with Gasteiger partial charge in [-0.25, -0.2) is 9.59 Å². The Labute approximate surface area is 392 Å². The molecule has 2 saturated carbocycles. The van der Waals surface area contributed by atoms with Crippen LogP contribution in [0.1, 0.15) is 97.6 Å². The number of methoxy groups -OCH3 is 6. The van der Waals surface area contributed by atoms with Crippen molar-refractivity contribution in [3.8, 4) is 46.5 Å². The molecule has 362 valence electrons. The van der Waals surface area contributed by atoms with Crippen molar-refractivity contribution in [2.24, 2.45) is 9.98 Å². The molecular formula is C48H56N6O14. The maximum Gasteiger partial charge on any atom is 0.338 e. The van der Waals surface area contributed by atoms with Crippen LogP contribution in [0.3, 0.4) is 0 Å². The minimum Gasteiger partial charge on any atom is -0.493 e. The second-order valence-corrected chi connectivity index (χ2v) is 16.6. The van der Waals surface area contributed by atoms with E-state index in [4.69, 9.17) is 57.4 Å². The van der Waals surface area contributed by atoms with Crippen LogP contribution in [0, 0.1) is 0 Å². The van der Waals surface area contributed by atoms with Gasteiger partial charge in [0.05, 0.1) is 90.5 Å². The molecular weight excluding hydrogens is 885 g/mol. The zero-order valence-electron chi connectivity index (χ0n) is 39.2. The van der Waals surface area contributed by atoms with Crippen LogP contribution in [0.5, 0.6) is 46.5 Å². The van der Waals surface area contributed by atoms with Gasteiger partial charge in [0.15, 0.2) is 35.2 Å². The maximum atomic E-state index is 13.5. The molecule has 20 nitrogen and oxygen atoms in total. The largest absolute Gasteiger partial charge is 0.493 e. The number of hydrogen-bond acceptors (Lipinski definition) is 20. The summed E-state index contributed by atoms with van der Waals surface area (Å²) in [5.74, 6) is 0.297. The lowest BCUT2D eigenvalue weighted by Crippen LogP contribution is -2.45. The van der Waals surface area contributed by atoms with Crippen molar-refractivity contribution < 1.29 is 67.2 Å². The third kappa shape index (κ3) is 9.25. The summed E-state index contributed by atoms with van der Waals surface area (Å²) in [5.41, 5.74) is 5.52. The van der Waals surface area contributed by atoms with Crippen molar-refractivity contribution in [2.45, 2.75) is 101 Å². The lowest BCUT2D eigenvalue weighted by atomic mass is 9.74. The lowest BCUT2D eigenvalue weighted by molar-refractivity contribution is -0.180. The van der Waals surface area contributed by atoms with E-state index in [9.17, 15) is 19.8 Å². The molecule has 0 radical (unpaired) electrons. The van der Waals surface area contributed by atoms with Gasteiger partial charge in [-0.2, -0.15) is 0 Å². The average Bonchev–Trinajstić information content (AvgIpc) is 3.37. The van der Waals surface area contributed by atoms with Crippen molar-refractivity contribution in [3.05, 3.63) is 69.8 Å². The first-order chi connectivity index (χ1) is 33.0. The highest BCUT2D eigenvalue weighted by atomic mass is 16.6. The summed E-state index contributed by atoms with van der Waals surface area (Å²) in [5, 5.41) is 38.7. The predicted molar refractivity (Wildman–Crippen MR) is 242 cm³/mol. The van der Waals surface area contributed by atoms with Crippen LogP contribution in [0.25, 0.3) is 0 Å². The number of rotatable bonds is 17. The molecule has 0 spiro atoms. The van der Waals surface area contributed by atoms with E-state index < -0.39 is 36.4 Å². The second-order valence-electron chi connectivity index (χ2n) is 16.6. The van der Waals surface area contributed by atoms with Crippen LogP contribution in [-0.2, 0) is 19.1 Å². The molecule has 8 atom stereocenters. The summed E-state index contributed by atoms with van der Waals surface area (Å²) in [6.07, 6.45) is -3.36. The molecule has 0 saturated heterocycles. The van der Waals surface area contributed by atoms with E-state index in [-0.39, 0.29) is 47.4 Å². The van der Waals surface area contributed by atoms with Crippen LogP contribution in [0.4, 0.5) is 0 Å². The Morgan fingerprint density at radius 1 is 0.529 bits per heavy atom. The van der Waals surface area contributed by atoms with Gasteiger partial charge in [-0.1, -0.05) is 0 Å². The van der Waals surface area contributed by atoms with E-state index >= 15 is 0 Å². The van der Waals surface area contributed by atoms with Gasteiger partial charge in [0.2, 0.25) is 23.5 Å². The van der Waals surface area contributed by atoms with Gasteiger partial charge in [-0.15, -0.1) is 20.4 Å². The summed E-state index contributed by atoms with van der Waals surface area (Å²) in [6, 6.07) is 10.4. The molecule has 20 heteroatoms. The Morgan fingerprint density at radius 2 is 0.941 bits per heavy atom. The number of nitrogens with zero attached hydrogens (tertiary/aromatic N) is 6. The molecule has 8 rings (SSSR count). The molecule has 2 fully saturated rings. The van der Waals surface area contributed by atoms with Gasteiger partial charge in [0, 0.05) is 35.1 Å². The van der Waals surface area contributed by atoms with Crippen LogP contribution in [-0.4, -0.2) is 146 Å². The number of aliphatic hydroxyl groups excluding tert-OH is 2. The third-order valence-electron chi connectivity index (χ3n) is 12.8. The summed E-state index contributed by atoms with van der Waals surface area (Å²) >= 11 is 0. The number of benzene rings is 2. The molecule has 2 aliphatic carbocycles. The van der Waals surface area contributed by atoms with Crippen molar-refractivity contribution >= 4 is 23.4 Å². The number of ether oxygens (including phenoxy) is 10. The highest BCUT2D eigenvalue weighted by Gasteiger charge is 2.44. The predicted octanol–water partition coefficient (Wildman–Crippen LogP) is 4.34. The number of carbonyl (C=O) groups excluding carboxylic acids is 2. The number of carbonyl (C=O) groups is 2. The monoisotopic (exact) mass is 940 g/mol. The first kappa shape index (κ1) is 47.7. The fourth-order valence-electron chi connectivity index (χ4n) is 9.65. The van der Waals surface area contributed by atoms with E-state index in [2.05, 4.69) is 20.4 Å². The van der Waals surface area contributed by atoms with E-state index in [1.165, 1.54) is 28.4 Å². The minimum atomic E-state index is -2.21. The summed E-state index contributed by atoms with van der Waals surface area (Å²) in [7, 11) is 9.09. The summed E-state index contributed by atoms with van der Waals surface area (Å²) in [6.45, 7) is 4.53. The standard InChI is InChI=1S/C48H56N6O14/c1-9-65-37-17-25-27-15-23(11-13-33(27)49-41(29(25)19-35(37)59-3)31-21-39(61-5)51-53-45(31)63-7)67-47(57)43(55)44(56)48(58)68-24-12-14-34-28(16-24)26-18-38(66-10-2)36(60-4)20-30(26)42(50-34)32-22-40(62-6)52-54-46(32)64-8/h17-24,27-28,33-34,43-44,55-56H,9-16H2,1-8H3/t23-,24-,27-,28-,33-,34-,43?,44?/m0/s1. The Kier molecular flexibility index (Phi) is 14.4. The first-order valence-corrected chi connectivity index (χ1v) is 22.5. The zero-order valence-corrected chi connectivity index (χ0v) is 39.2. The SMILES string of the molecule is CCOc1cc2c(cc1OC)C(c1cc(OC)nnc1OC)=N[C@H]1CC[C@H](OC(=O)C(O)C(O)C(=O)O[C@H]3CC[C@@H]4N=C(c5cc(OC)nnc5OC)c5cc(OC)c(OCC)cc5[C@@H]4C3)C[C@@H]21. The summed E-state index contributed by atoms with van der Waals surface area (Å²) in [4.78, 5) is 37.4. The average molecular weight is 941 g/mol. The number of hydrogen-bond donors (Lipinski definition) is 2. The van der Waals surface area contributed by atoms with Gasteiger partial charge >= 0.3 is 11.9 Å². The van der Waals surface area contributed by atoms with Gasteiger partial charge in [0.1, 0.15) is 12.2 Å². The van der Waals surface area contributed by atoms with Gasteiger partial charge in [-0.3, -0.25) is 9.98 Å². The molecule has 4 aromatic rings. The van der Waals surface area contributed by atoms with Gasteiger partial charge < -0.3 is 57.6 Å². The van der Waals surface area contributed by atoms with E-state index in [1.807, 2.05) is 38.1 Å². The molecule has 4 heterocycles. The summed E-state index contributed by atoms with van der Waals surface area (Å²) < 4.78 is 57.0. The molecule has 2 unspecified atom stereocenters. The Bertz CT molecular complexity index is 2410. The van der Waals surface area contributed by atoms with Crippen LogP contribution >= 0.6 is 0 Å². The van der Waals surface area contributed by atoms with Crippen LogP contribution in [0.15, 0.2) is 46.4 Å². The Balaban J connectivity index is 0.974.